The van der Waals surface area contributed by atoms with Crippen molar-refractivity contribution >= 4 is 50.2 Å². The van der Waals surface area contributed by atoms with Gasteiger partial charge in [-0.3, -0.25) is 14.5 Å². The third-order valence-electron chi connectivity index (χ3n) is 6.51. The smallest absolute Gasteiger partial charge is 0.307 e. The molecule has 0 unspecified atom stereocenters. The van der Waals surface area contributed by atoms with Crippen LogP contribution in [0.15, 0.2) is 73.1 Å². The van der Waals surface area contributed by atoms with E-state index in [1.54, 1.807) is 17.5 Å². The van der Waals surface area contributed by atoms with Crippen LogP contribution in [-0.4, -0.2) is 30.8 Å². The summed E-state index contributed by atoms with van der Waals surface area (Å²) in [6, 6.07) is 19.8. The van der Waals surface area contributed by atoms with E-state index in [1.807, 2.05) is 67.3 Å². The molecule has 0 atom stereocenters. The normalized spacial score (nSPS) is 11.4. The van der Waals surface area contributed by atoms with E-state index in [9.17, 15) is 9.90 Å². The Morgan fingerprint density at radius 1 is 0.973 bits per heavy atom. The van der Waals surface area contributed by atoms with E-state index >= 15 is 0 Å². The number of thiazole rings is 1. The van der Waals surface area contributed by atoms with Gasteiger partial charge in [0.25, 0.3) is 0 Å². The molecule has 0 aliphatic heterocycles. The Hall–Kier alpha value is -4.07. The summed E-state index contributed by atoms with van der Waals surface area (Å²) >= 11 is 7.71. The summed E-state index contributed by atoms with van der Waals surface area (Å²) in [6.45, 7) is 1.94. The van der Waals surface area contributed by atoms with Crippen LogP contribution in [0.5, 0.6) is 0 Å². The Balaban J connectivity index is 1.51. The van der Waals surface area contributed by atoms with E-state index < -0.39 is 5.97 Å². The fourth-order valence-electron chi connectivity index (χ4n) is 4.68. The number of rotatable bonds is 5. The summed E-state index contributed by atoms with van der Waals surface area (Å²) in [6.07, 6.45) is 3.56. The second kappa shape index (κ2) is 9.10. The van der Waals surface area contributed by atoms with E-state index in [-0.39, 0.29) is 6.42 Å². The SMILES string of the molecule is Cc1cc2nc(-c3cccc(-c4cnc5cnn(C)c5c4)c3)sc2c(-c2ccc(Cl)cc2)c1CC(=O)O. The number of aliphatic carboxylic acids is 1. The average Bonchev–Trinajstić information content (AvgIpc) is 3.48. The zero-order valence-corrected chi connectivity index (χ0v) is 21.6. The molecule has 0 spiro atoms. The molecule has 0 radical (unpaired) electrons. The number of benzene rings is 3. The number of fused-ring (bicyclic) bond motifs is 2. The number of carboxylic acids is 1. The molecule has 0 saturated carbocycles. The first-order chi connectivity index (χ1) is 17.9. The molecule has 3 aromatic heterocycles. The maximum Gasteiger partial charge on any atom is 0.307 e. The average molecular weight is 525 g/mol. The van der Waals surface area contributed by atoms with Gasteiger partial charge in [-0.2, -0.15) is 5.10 Å². The van der Waals surface area contributed by atoms with E-state index in [1.165, 1.54) is 0 Å². The lowest BCUT2D eigenvalue weighted by Crippen LogP contribution is -2.04. The summed E-state index contributed by atoms with van der Waals surface area (Å²) in [4.78, 5) is 21.3. The molecule has 182 valence electrons. The van der Waals surface area contributed by atoms with Crippen LogP contribution in [-0.2, 0) is 18.3 Å². The summed E-state index contributed by atoms with van der Waals surface area (Å²) in [5, 5.41) is 15.4. The molecule has 0 fully saturated rings. The van der Waals surface area contributed by atoms with Gasteiger partial charge in [-0.1, -0.05) is 41.9 Å². The lowest BCUT2D eigenvalue weighted by Gasteiger charge is -2.13. The number of nitrogens with zero attached hydrogens (tertiary/aromatic N) is 4. The number of aryl methyl sites for hydroxylation is 2. The van der Waals surface area contributed by atoms with Gasteiger partial charge in [-0.05, 0) is 59.5 Å². The minimum absolute atomic E-state index is 0.0636. The maximum atomic E-state index is 11.7. The van der Waals surface area contributed by atoms with Crippen LogP contribution < -0.4 is 0 Å². The quantitative estimate of drug-likeness (QED) is 0.258. The Morgan fingerprint density at radius 2 is 1.76 bits per heavy atom. The Labute approximate surface area is 221 Å². The molecule has 0 saturated heterocycles. The third kappa shape index (κ3) is 4.26. The lowest BCUT2D eigenvalue weighted by atomic mass is 9.93. The van der Waals surface area contributed by atoms with Gasteiger partial charge in [0, 0.05) is 35.0 Å². The fourth-order valence-corrected chi connectivity index (χ4v) is 5.94. The van der Waals surface area contributed by atoms with Crippen LogP contribution in [0, 0.1) is 6.92 Å². The van der Waals surface area contributed by atoms with Gasteiger partial charge in [0.05, 0.1) is 28.4 Å². The van der Waals surface area contributed by atoms with Crippen molar-refractivity contribution in [1.29, 1.82) is 0 Å². The molecule has 3 heterocycles. The second-order valence-electron chi connectivity index (χ2n) is 8.97. The maximum absolute atomic E-state index is 11.7. The van der Waals surface area contributed by atoms with Crippen molar-refractivity contribution in [3.05, 3.63) is 89.2 Å². The molecule has 0 aliphatic rings. The summed E-state index contributed by atoms with van der Waals surface area (Å²) in [7, 11) is 1.91. The van der Waals surface area contributed by atoms with E-state index in [0.717, 1.165) is 65.2 Å². The Kier molecular flexibility index (Phi) is 5.74. The van der Waals surface area contributed by atoms with Gasteiger partial charge < -0.3 is 5.11 Å². The highest BCUT2D eigenvalue weighted by molar-refractivity contribution is 7.22. The molecule has 6 rings (SSSR count). The standard InChI is InChI=1S/C29H21ClN4O2S/c1-16-10-23-28(27(22(16)13-26(35)36)17-6-8-21(30)9-7-17)37-29(33-23)19-5-3-4-18(11-19)20-12-25-24(31-14-20)15-32-34(25)2/h3-12,14-15H,13H2,1-2H3,(H,35,36). The van der Waals surface area contributed by atoms with Gasteiger partial charge in [0.2, 0.25) is 0 Å². The monoisotopic (exact) mass is 524 g/mol. The Morgan fingerprint density at radius 3 is 2.54 bits per heavy atom. The van der Waals surface area contributed by atoms with Crippen molar-refractivity contribution in [3.63, 3.8) is 0 Å². The van der Waals surface area contributed by atoms with Gasteiger partial charge >= 0.3 is 5.97 Å². The fraction of sp³-hybridized carbons (Fsp3) is 0.103. The topological polar surface area (TPSA) is 80.9 Å². The highest BCUT2D eigenvalue weighted by Crippen LogP contribution is 2.41. The van der Waals surface area contributed by atoms with E-state index in [0.29, 0.717) is 5.02 Å². The summed E-state index contributed by atoms with van der Waals surface area (Å²) in [5.41, 5.74) is 9.22. The lowest BCUT2D eigenvalue weighted by molar-refractivity contribution is -0.136. The molecule has 0 amide bonds. The van der Waals surface area contributed by atoms with E-state index in [4.69, 9.17) is 16.6 Å². The van der Waals surface area contributed by atoms with Crippen LogP contribution in [0.3, 0.4) is 0 Å². The highest BCUT2D eigenvalue weighted by Gasteiger charge is 2.19. The molecule has 0 aliphatic carbocycles. The largest absolute Gasteiger partial charge is 0.481 e. The first kappa shape index (κ1) is 23.3. The highest BCUT2D eigenvalue weighted by atomic mass is 35.5. The first-order valence-electron chi connectivity index (χ1n) is 11.7. The summed E-state index contributed by atoms with van der Waals surface area (Å²) in [5.74, 6) is -0.867. The number of hydrogen-bond donors (Lipinski definition) is 1. The predicted octanol–water partition coefficient (Wildman–Crippen LogP) is 7.17. The Bertz CT molecular complexity index is 1820. The molecule has 6 aromatic rings. The predicted molar refractivity (Wildman–Crippen MR) is 149 cm³/mol. The van der Waals surface area contributed by atoms with E-state index in [2.05, 4.69) is 28.3 Å². The van der Waals surface area contributed by atoms with Gasteiger partial charge in [0.1, 0.15) is 10.5 Å². The third-order valence-corrected chi connectivity index (χ3v) is 7.90. The van der Waals surface area contributed by atoms with Gasteiger partial charge in [-0.25, -0.2) is 4.98 Å². The van der Waals surface area contributed by atoms with Crippen molar-refractivity contribution in [2.75, 3.05) is 0 Å². The molecule has 3 aromatic carbocycles. The number of carbonyl (C=O) groups is 1. The van der Waals surface area contributed by atoms with Gasteiger partial charge in [-0.15, -0.1) is 11.3 Å². The molecule has 1 N–H and O–H groups in total. The van der Waals surface area contributed by atoms with Gasteiger partial charge in [0.15, 0.2) is 0 Å². The zero-order valence-electron chi connectivity index (χ0n) is 20.1. The van der Waals surface area contributed by atoms with Crippen molar-refractivity contribution in [2.24, 2.45) is 7.05 Å². The molecule has 8 heteroatoms. The van der Waals surface area contributed by atoms with Crippen molar-refractivity contribution in [2.45, 2.75) is 13.3 Å². The number of aromatic nitrogens is 4. The molecule has 37 heavy (non-hydrogen) atoms. The molecule has 0 bridgehead atoms. The van der Waals surface area contributed by atoms with Crippen LogP contribution >= 0.6 is 22.9 Å². The number of hydrogen-bond acceptors (Lipinski definition) is 5. The molecular formula is C29H21ClN4O2S. The van der Waals surface area contributed by atoms with Crippen molar-refractivity contribution < 1.29 is 9.90 Å². The van der Waals surface area contributed by atoms with Crippen LogP contribution in [0.1, 0.15) is 11.1 Å². The van der Waals surface area contributed by atoms with Crippen molar-refractivity contribution in [3.8, 4) is 32.8 Å². The number of halogens is 1. The number of pyridine rings is 1. The molecule has 6 nitrogen and oxygen atoms in total. The molecular weight excluding hydrogens is 504 g/mol. The van der Waals surface area contributed by atoms with Crippen LogP contribution in [0.2, 0.25) is 5.02 Å². The minimum atomic E-state index is -0.867. The second-order valence-corrected chi connectivity index (χ2v) is 10.4. The van der Waals surface area contributed by atoms with Crippen LogP contribution in [0.25, 0.3) is 54.1 Å². The summed E-state index contributed by atoms with van der Waals surface area (Å²) < 4.78 is 2.78. The van der Waals surface area contributed by atoms with Crippen LogP contribution in [0.4, 0.5) is 0 Å². The zero-order chi connectivity index (χ0) is 25.7. The number of carboxylic acid groups (broad SMARTS) is 1. The first-order valence-corrected chi connectivity index (χ1v) is 12.9. The minimum Gasteiger partial charge on any atom is -0.481 e. The van der Waals surface area contributed by atoms with Crippen molar-refractivity contribution in [1.82, 2.24) is 19.7 Å².